The lowest BCUT2D eigenvalue weighted by atomic mass is 10.0. The monoisotopic (exact) mass is 315 g/mol. The first kappa shape index (κ1) is 16.0. The average Bonchev–Trinajstić information content (AvgIpc) is 2.59. The fourth-order valence-electron chi connectivity index (χ4n) is 2.66. The van der Waals surface area contributed by atoms with Gasteiger partial charge in [0, 0.05) is 25.3 Å². The zero-order chi connectivity index (χ0) is 17.1. The summed E-state index contributed by atoms with van der Waals surface area (Å²) in [4.78, 5) is 13.6. The van der Waals surface area contributed by atoms with Crippen molar-refractivity contribution in [2.75, 3.05) is 19.0 Å². The molecule has 0 heterocycles. The van der Waals surface area contributed by atoms with Crippen molar-refractivity contribution in [1.29, 1.82) is 0 Å². The quantitative estimate of drug-likeness (QED) is 0.482. The molecular formula is C22H21NO. The molecule has 0 saturated carbocycles. The molecule has 0 N–H and O–H groups in total. The van der Waals surface area contributed by atoms with Crippen LogP contribution in [-0.2, 0) is 0 Å². The van der Waals surface area contributed by atoms with Crippen molar-refractivity contribution in [3.05, 3.63) is 77.4 Å². The highest BCUT2D eigenvalue weighted by Crippen LogP contribution is 2.20. The van der Waals surface area contributed by atoms with Gasteiger partial charge >= 0.3 is 0 Å². The normalized spacial score (nSPS) is 11.1. The number of carbonyl (C=O) groups is 1. The summed E-state index contributed by atoms with van der Waals surface area (Å²) in [6.07, 6.45) is 4.23. The van der Waals surface area contributed by atoms with Crippen LogP contribution in [0.25, 0.3) is 22.9 Å². The van der Waals surface area contributed by atoms with Crippen LogP contribution in [0, 0.1) is 0 Å². The minimum atomic E-state index is 0.0991. The van der Waals surface area contributed by atoms with Gasteiger partial charge in [0.25, 0.3) is 0 Å². The number of hydrogen-bond acceptors (Lipinski definition) is 2. The molecule has 2 nitrogen and oxygen atoms in total. The first-order valence-corrected chi connectivity index (χ1v) is 8.03. The molecule has 0 bridgehead atoms. The van der Waals surface area contributed by atoms with Gasteiger partial charge in [-0.2, -0.15) is 0 Å². The molecule has 24 heavy (non-hydrogen) atoms. The van der Waals surface area contributed by atoms with E-state index in [0.717, 1.165) is 21.9 Å². The van der Waals surface area contributed by atoms with Crippen LogP contribution in [0.3, 0.4) is 0 Å². The van der Waals surface area contributed by atoms with Crippen LogP contribution < -0.4 is 4.90 Å². The number of hydrogen-bond donors (Lipinski definition) is 0. The summed E-state index contributed by atoms with van der Waals surface area (Å²) in [7, 11) is 4.08. The van der Waals surface area contributed by atoms with E-state index in [2.05, 4.69) is 59.5 Å². The highest BCUT2D eigenvalue weighted by molar-refractivity contribution is 5.98. The fourth-order valence-corrected chi connectivity index (χ4v) is 2.66. The molecule has 0 aliphatic rings. The Bertz CT molecular complexity index is 905. The maximum Gasteiger partial charge on any atom is 0.159 e. The molecule has 0 radical (unpaired) electrons. The molecule has 0 spiro atoms. The zero-order valence-electron chi connectivity index (χ0n) is 14.3. The predicted octanol–water partition coefficient (Wildman–Crippen LogP) is 5.28. The summed E-state index contributed by atoms with van der Waals surface area (Å²) in [6, 6.07) is 20.6. The standard InChI is InChI=1S/C22H21NO/c1-16(24)19-10-11-20-14-18(6-9-21(20)15-19)5-4-17-7-12-22(13-8-17)23(2)3/h4-15H,1-3H3/b5-4+. The van der Waals surface area contributed by atoms with Crippen LogP contribution >= 0.6 is 0 Å². The van der Waals surface area contributed by atoms with E-state index >= 15 is 0 Å². The largest absolute Gasteiger partial charge is 0.378 e. The van der Waals surface area contributed by atoms with Crippen molar-refractivity contribution in [2.45, 2.75) is 6.92 Å². The van der Waals surface area contributed by atoms with Gasteiger partial charge in [0.1, 0.15) is 0 Å². The maximum absolute atomic E-state index is 11.5. The van der Waals surface area contributed by atoms with Gasteiger partial charge in [-0.15, -0.1) is 0 Å². The number of fused-ring (bicyclic) bond motifs is 1. The number of rotatable bonds is 4. The highest BCUT2D eigenvalue weighted by atomic mass is 16.1. The van der Waals surface area contributed by atoms with E-state index in [0.29, 0.717) is 0 Å². The third kappa shape index (κ3) is 3.54. The van der Waals surface area contributed by atoms with Gasteiger partial charge in [0.15, 0.2) is 5.78 Å². The van der Waals surface area contributed by atoms with Gasteiger partial charge in [-0.05, 0) is 53.1 Å². The van der Waals surface area contributed by atoms with Gasteiger partial charge in [-0.1, -0.05) is 48.6 Å². The van der Waals surface area contributed by atoms with E-state index in [1.165, 1.54) is 11.3 Å². The number of carbonyl (C=O) groups excluding carboxylic acids is 1. The van der Waals surface area contributed by atoms with Crippen molar-refractivity contribution in [1.82, 2.24) is 0 Å². The van der Waals surface area contributed by atoms with E-state index in [-0.39, 0.29) is 5.78 Å². The molecule has 120 valence electrons. The Morgan fingerprint density at radius 1 is 0.792 bits per heavy atom. The molecule has 0 aliphatic heterocycles. The van der Waals surface area contributed by atoms with Gasteiger partial charge in [0.2, 0.25) is 0 Å². The fraction of sp³-hybridized carbons (Fsp3) is 0.136. The summed E-state index contributed by atoms with van der Waals surface area (Å²) < 4.78 is 0. The van der Waals surface area contributed by atoms with Crippen molar-refractivity contribution >= 4 is 34.4 Å². The van der Waals surface area contributed by atoms with Crippen LogP contribution in [0.1, 0.15) is 28.4 Å². The van der Waals surface area contributed by atoms with E-state index in [1.54, 1.807) is 6.92 Å². The average molecular weight is 315 g/mol. The number of benzene rings is 3. The smallest absolute Gasteiger partial charge is 0.159 e. The Hall–Kier alpha value is -2.87. The second-order valence-corrected chi connectivity index (χ2v) is 6.20. The first-order chi connectivity index (χ1) is 11.5. The molecule has 3 aromatic carbocycles. The maximum atomic E-state index is 11.5. The second-order valence-electron chi connectivity index (χ2n) is 6.20. The molecular weight excluding hydrogens is 294 g/mol. The van der Waals surface area contributed by atoms with Gasteiger partial charge in [-0.25, -0.2) is 0 Å². The molecule has 0 fully saturated rings. The van der Waals surface area contributed by atoms with Crippen molar-refractivity contribution < 1.29 is 4.79 Å². The number of anilines is 1. The lowest BCUT2D eigenvalue weighted by molar-refractivity contribution is 0.101. The Kier molecular flexibility index (Phi) is 4.48. The molecule has 0 amide bonds. The summed E-state index contributed by atoms with van der Waals surface area (Å²) in [5.74, 6) is 0.0991. The Morgan fingerprint density at radius 3 is 2.04 bits per heavy atom. The summed E-state index contributed by atoms with van der Waals surface area (Å²) in [6.45, 7) is 1.60. The number of ketones is 1. The molecule has 0 atom stereocenters. The van der Waals surface area contributed by atoms with Gasteiger partial charge < -0.3 is 4.90 Å². The van der Waals surface area contributed by atoms with Crippen LogP contribution in [0.2, 0.25) is 0 Å². The predicted molar refractivity (Wildman–Crippen MR) is 104 cm³/mol. The topological polar surface area (TPSA) is 20.3 Å². The van der Waals surface area contributed by atoms with Gasteiger partial charge in [0.05, 0.1) is 0 Å². The second kappa shape index (κ2) is 6.71. The summed E-state index contributed by atoms with van der Waals surface area (Å²) >= 11 is 0. The lowest BCUT2D eigenvalue weighted by Gasteiger charge is -2.11. The van der Waals surface area contributed by atoms with Crippen LogP contribution in [0.5, 0.6) is 0 Å². The zero-order valence-corrected chi connectivity index (χ0v) is 14.3. The van der Waals surface area contributed by atoms with Crippen LogP contribution in [0.15, 0.2) is 60.7 Å². The Morgan fingerprint density at radius 2 is 1.38 bits per heavy atom. The molecule has 3 rings (SSSR count). The molecule has 2 heteroatoms. The molecule has 3 aromatic rings. The van der Waals surface area contributed by atoms with Gasteiger partial charge in [-0.3, -0.25) is 4.79 Å². The molecule has 0 aromatic heterocycles. The van der Waals surface area contributed by atoms with E-state index in [9.17, 15) is 4.79 Å². The van der Waals surface area contributed by atoms with Crippen LogP contribution in [-0.4, -0.2) is 19.9 Å². The highest BCUT2D eigenvalue weighted by Gasteiger charge is 2.01. The minimum Gasteiger partial charge on any atom is -0.378 e. The first-order valence-electron chi connectivity index (χ1n) is 8.03. The third-order valence-corrected chi connectivity index (χ3v) is 4.15. The van der Waals surface area contributed by atoms with E-state index < -0.39 is 0 Å². The van der Waals surface area contributed by atoms with E-state index in [1.807, 2.05) is 32.3 Å². The van der Waals surface area contributed by atoms with Crippen molar-refractivity contribution in [2.24, 2.45) is 0 Å². The Balaban J connectivity index is 1.84. The van der Waals surface area contributed by atoms with Crippen LogP contribution in [0.4, 0.5) is 5.69 Å². The summed E-state index contributed by atoms with van der Waals surface area (Å²) in [5.41, 5.74) is 4.27. The minimum absolute atomic E-state index is 0.0991. The van der Waals surface area contributed by atoms with Crippen molar-refractivity contribution in [3.63, 3.8) is 0 Å². The summed E-state index contributed by atoms with van der Waals surface area (Å²) in [5, 5.41) is 2.24. The number of Topliss-reactive ketones (excluding diaryl/α,β-unsaturated/α-hetero) is 1. The van der Waals surface area contributed by atoms with E-state index in [4.69, 9.17) is 0 Å². The number of nitrogens with zero attached hydrogens (tertiary/aromatic N) is 1. The SMILES string of the molecule is CC(=O)c1ccc2cc(/C=C/c3ccc(N(C)C)cc3)ccc2c1. The molecule has 0 unspecified atom stereocenters. The molecule has 0 saturated heterocycles. The third-order valence-electron chi connectivity index (χ3n) is 4.15. The molecule has 0 aliphatic carbocycles. The van der Waals surface area contributed by atoms with Crippen molar-refractivity contribution in [3.8, 4) is 0 Å². The Labute approximate surface area is 143 Å². The lowest BCUT2D eigenvalue weighted by Crippen LogP contribution is -2.07.